The highest BCUT2D eigenvalue weighted by Crippen LogP contribution is 2.24. The molecule has 0 fully saturated rings. The zero-order chi connectivity index (χ0) is 17.7. The largest absolute Gasteiger partial charge is 0.508 e. The lowest BCUT2D eigenvalue weighted by atomic mass is 10.1. The van der Waals surface area contributed by atoms with Crippen molar-refractivity contribution in [3.05, 3.63) is 53.6 Å². The van der Waals surface area contributed by atoms with Gasteiger partial charge in [-0.15, -0.1) is 0 Å². The van der Waals surface area contributed by atoms with Crippen LogP contribution in [0.2, 0.25) is 0 Å². The summed E-state index contributed by atoms with van der Waals surface area (Å²) in [5, 5.41) is 22.4. The summed E-state index contributed by atoms with van der Waals surface area (Å²) < 4.78 is 0. The summed E-state index contributed by atoms with van der Waals surface area (Å²) in [7, 11) is 0. The van der Waals surface area contributed by atoms with Crippen LogP contribution in [-0.4, -0.2) is 29.2 Å². The number of carbonyl (C=O) groups is 2. The van der Waals surface area contributed by atoms with Crippen LogP contribution < -0.4 is 16.4 Å². The van der Waals surface area contributed by atoms with Crippen molar-refractivity contribution < 1.29 is 14.7 Å². The Morgan fingerprint density at radius 2 is 2.00 bits per heavy atom. The molecule has 0 spiro atoms. The van der Waals surface area contributed by atoms with Gasteiger partial charge in [0.15, 0.2) is 0 Å². The van der Waals surface area contributed by atoms with Crippen molar-refractivity contribution in [1.29, 1.82) is 5.41 Å². The number of phenols is 1. The molecule has 7 heteroatoms. The summed E-state index contributed by atoms with van der Waals surface area (Å²) in [6, 6.07) is 10.5. The van der Waals surface area contributed by atoms with Crippen LogP contribution in [0.5, 0.6) is 5.75 Å². The quantitative estimate of drug-likeness (QED) is 0.409. The summed E-state index contributed by atoms with van der Waals surface area (Å²) in [4.78, 5) is 23.1. The molecule has 124 valence electrons. The smallest absolute Gasteiger partial charge is 0.251 e. The van der Waals surface area contributed by atoms with E-state index < -0.39 is 17.9 Å². The van der Waals surface area contributed by atoms with Crippen LogP contribution >= 0.6 is 0 Å². The summed E-state index contributed by atoms with van der Waals surface area (Å²) in [5.74, 6) is -0.965. The highest BCUT2D eigenvalue weighted by molar-refractivity contribution is 5.98. The molecule has 0 aromatic heterocycles. The van der Waals surface area contributed by atoms with Gasteiger partial charge >= 0.3 is 0 Å². The number of primary amides is 1. The number of anilines is 2. The lowest BCUT2D eigenvalue weighted by molar-refractivity contribution is -0.119. The zero-order valence-electron chi connectivity index (χ0n) is 13.0. The number of rotatable bonds is 6. The third-order valence-corrected chi connectivity index (χ3v) is 3.37. The van der Waals surface area contributed by atoms with E-state index in [2.05, 4.69) is 10.6 Å². The summed E-state index contributed by atoms with van der Waals surface area (Å²) in [6.45, 7) is 1.51. The maximum atomic E-state index is 12.1. The van der Waals surface area contributed by atoms with Crippen LogP contribution in [0.1, 0.15) is 22.8 Å². The Labute approximate surface area is 139 Å². The van der Waals surface area contributed by atoms with E-state index in [9.17, 15) is 14.7 Å². The van der Waals surface area contributed by atoms with Gasteiger partial charge in [-0.05, 0) is 43.3 Å². The van der Waals surface area contributed by atoms with Crippen LogP contribution in [0, 0.1) is 5.41 Å². The van der Waals surface area contributed by atoms with E-state index in [0.29, 0.717) is 22.5 Å². The second kappa shape index (κ2) is 7.28. The molecule has 24 heavy (non-hydrogen) atoms. The first-order valence-corrected chi connectivity index (χ1v) is 7.21. The molecule has 0 heterocycles. The molecule has 0 aliphatic heterocycles. The van der Waals surface area contributed by atoms with Crippen LogP contribution in [0.3, 0.4) is 0 Å². The number of aromatic hydroxyl groups is 1. The standard InChI is InChI=1S/C17H18N4O3/c1-10(16(19)23)20-17(24)11-3-2-4-13(7-11)21-15-6-5-14(22)8-12(15)9-18/h2-10,18,21-22H,1H3,(H2,19,23)(H,20,24). The maximum Gasteiger partial charge on any atom is 0.251 e. The van der Waals surface area contributed by atoms with Gasteiger partial charge in [0.1, 0.15) is 11.8 Å². The number of amides is 2. The van der Waals surface area contributed by atoms with E-state index >= 15 is 0 Å². The molecule has 0 aliphatic carbocycles. The fraction of sp³-hybridized carbons (Fsp3) is 0.118. The third kappa shape index (κ3) is 4.10. The highest BCUT2D eigenvalue weighted by Gasteiger charge is 2.14. The van der Waals surface area contributed by atoms with E-state index in [1.54, 1.807) is 30.3 Å². The van der Waals surface area contributed by atoms with Crippen molar-refractivity contribution in [2.45, 2.75) is 13.0 Å². The molecule has 1 unspecified atom stereocenters. The predicted octanol–water partition coefficient (Wildman–Crippen LogP) is 1.74. The molecule has 0 saturated carbocycles. The first-order valence-electron chi connectivity index (χ1n) is 7.21. The molecule has 2 rings (SSSR count). The van der Waals surface area contributed by atoms with E-state index in [4.69, 9.17) is 11.1 Å². The second-order valence-corrected chi connectivity index (χ2v) is 5.22. The first kappa shape index (κ1) is 17.0. The molecule has 0 bridgehead atoms. The Hall–Kier alpha value is -3.35. The van der Waals surface area contributed by atoms with Crippen molar-refractivity contribution >= 4 is 29.4 Å². The molecule has 2 aromatic rings. The van der Waals surface area contributed by atoms with Crippen molar-refractivity contribution in [3.63, 3.8) is 0 Å². The van der Waals surface area contributed by atoms with Gasteiger partial charge in [0, 0.05) is 28.7 Å². The Morgan fingerprint density at radius 3 is 2.67 bits per heavy atom. The molecular formula is C17H18N4O3. The van der Waals surface area contributed by atoms with Crippen LogP contribution in [0.15, 0.2) is 42.5 Å². The molecule has 0 aliphatic rings. The van der Waals surface area contributed by atoms with Gasteiger partial charge in [0.05, 0.1) is 0 Å². The van der Waals surface area contributed by atoms with Crippen molar-refractivity contribution in [1.82, 2.24) is 5.32 Å². The number of benzene rings is 2. The fourth-order valence-corrected chi connectivity index (χ4v) is 2.03. The van der Waals surface area contributed by atoms with E-state index in [1.807, 2.05) is 0 Å². The average molecular weight is 326 g/mol. The van der Waals surface area contributed by atoms with Crippen molar-refractivity contribution in [2.75, 3.05) is 5.32 Å². The van der Waals surface area contributed by atoms with Gasteiger partial charge in [-0.1, -0.05) is 6.07 Å². The van der Waals surface area contributed by atoms with Crippen molar-refractivity contribution in [2.24, 2.45) is 5.73 Å². The maximum absolute atomic E-state index is 12.1. The zero-order valence-corrected chi connectivity index (χ0v) is 13.0. The van der Waals surface area contributed by atoms with Gasteiger partial charge in [0.25, 0.3) is 5.91 Å². The highest BCUT2D eigenvalue weighted by atomic mass is 16.3. The van der Waals surface area contributed by atoms with Gasteiger partial charge in [-0.3, -0.25) is 9.59 Å². The monoisotopic (exact) mass is 326 g/mol. The van der Waals surface area contributed by atoms with Gasteiger partial charge in [-0.25, -0.2) is 0 Å². The fourth-order valence-electron chi connectivity index (χ4n) is 2.03. The molecular weight excluding hydrogens is 308 g/mol. The van der Waals surface area contributed by atoms with Crippen LogP contribution in [0.4, 0.5) is 11.4 Å². The normalized spacial score (nSPS) is 11.4. The molecule has 7 nitrogen and oxygen atoms in total. The number of hydrogen-bond donors (Lipinski definition) is 5. The lowest BCUT2D eigenvalue weighted by Crippen LogP contribution is -2.42. The van der Waals surface area contributed by atoms with Gasteiger partial charge < -0.3 is 26.9 Å². The van der Waals surface area contributed by atoms with Crippen LogP contribution in [-0.2, 0) is 4.79 Å². The lowest BCUT2D eigenvalue weighted by Gasteiger charge is -2.13. The third-order valence-electron chi connectivity index (χ3n) is 3.37. The molecule has 0 radical (unpaired) electrons. The molecule has 2 amide bonds. The SMILES string of the molecule is CC(NC(=O)c1cccc(Nc2ccc(O)cc2C=N)c1)C(N)=O. The minimum Gasteiger partial charge on any atom is -0.508 e. The summed E-state index contributed by atoms with van der Waals surface area (Å²) >= 11 is 0. The second-order valence-electron chi connectivity index (χ2n) is 5.22. The molecule has 6 N–H and O–H groups in total. The van der Waals surface area contributed by atoms with Crippen molar-refractivity contribution in [3.8, 4) is 5.75 Å². The van der Waals surface area contributed by atoms with Crippen LogP contribution in [0.25, 0.3) is 0 Å². The summed E-state index contributed by atoms with van der Waals surface area (Å²) in [6.07, 6.45) is 1.12. The van der Waals surface area contributed by atoms with E-state index in [1.165, 1.54) is 19.1 Å². The minimum atomic E-state index is -0.768. The predicted molar refractivity (Wildman–Crippen MR) is 91.8 cm³/mol. The Bertz CT molecular complexity index is 789. The van der Waals surface area contributed by atoms with E-state index in [0.717, 1.165) is 6.21 Å². The number of carbonyl (C=O) groups excluding carboxylic acids is 2. The summed E-state index contributed by atoms with van der Waals surface area (Å²) in [5.41, 5.74) is 7.25. The van der Waals surface area contributed by atoms with Gasteiger partial charge in [0.2, 0.25) is 5.91 Å². The first-order chi connectivity index (χ1) is 11.4. The number of phenolic OH excluding ortho intramolecular Hbond substituents is 1. The van der Waals surface area contributed by atoms with Gasteiger partial charge in [-0.2, -0.15) is 0 Å². The molecule has 2 aromatic carbocycles. The Kier molecular flexibility index (Phi) is 5.16. The topological polar surface area (TPSA) is 128 Å². The number of nitrogens with two attached hydrogens (primary N) is 1. The minimum absolute atomic E-state index is 0.0626. The molecule has 0 saturated heterocycles. The Morgan fingerprint density at radius 1 is 1.25 bits per heavy atom. The number of nitrogens with one attached hydrogen (secondary N) is 3. The average Bonchev–Trinajstić information content (AvgIpc) is 2.56. The Balaban J connectivity index is 2.20. The number of hydrogen-bond acceptors (Lipinski definition) is 5. The van der Waals surface area contributed by atoms with E-state index in [-0.39, 0.29) is 5.75 Å². The molecule has 1 atom stereocenters.